The molecular formula is C16H21FN2S. The predicted octanol–water partition coefficient (Wildman–Crippen LogP) is 3.60. The van der Waals surface area contributed by atoms with E-state index in [0.29, 0.717) is 5.92 Å². The van der Waals surface area contributed by atoms with Crippen LogP contribution < -0.4 is 5.32 Å². The Morgan fingerprint density at radius 3 is 2.85 bits per heavy atom. The van der Waals surface area contributed by atoms with Gasteiger partial charge in [-0.05, 0) is 56.5 Å². The number of nitrogens with zero attached hydrogens (tertiary/aromatic N) is 1. The molecule has 2 aromatic rings. The van der Waals surface area contributed by atoms with E-state index in [0.717, 1.165) is 42.2 Å². The van der Waals surface area contributed by atoms with Gasteiger partial charge in [0, 0.05) is 5.38 Å². The SMILES string of the molecule is CCNCC(Cc1cccc(F)c1)Cc1csc(C)n1. The van der Waals surface area contributed by atoms with E-state index in [9.17, 15) is 4.39 Å². The molecule has 20 heavy (non-hydrogen) atoms. The van der Waals surface area contributed by atoms with Gasteiger partial charge in [0.1, 0.15) is 5.82 Å². The van der Waals surface area contributed by atoms with Crippen LogP contribution in [0.2, 0.25) is 0 Å². The molecule has 0 saturated carbocycles. The summed E-state index contributed by atoms with van der Waals surface area (Å²) in [5, 5.41) is 6.62. The number of aryl methyl sites for hydroxylation is 1. The number of halogens is 1. The molecule has 1 atom stereocenters. The van der Waals surface area contributed by atoms with Crippen molar-refractivity contribution in [2.45, 2.75) is 26.7 Å². The normalized spacial score (nSPS) is 12.6. The molecule has 0 aliphatic carbocycles. The Morgan fingerprint density at radius 2 is 2.20 bits per heavy atom. The molecule has 1 unspecified atom stereocenters. The first-order chi connectivity index (χ1) is 9.67. The molecule has 0 amide bonds. The zero-order valence-corrected chi connectivity index (χ0v) is 12.8. The van der Waals surface area contributed by atoms with Crippen molar-refractivity contribution in [1.82, 2.24) is 10.3 Å². The van der Waals surface area contributed by atoms with E-state index in [1.54, 1.807) is 23.5 Å². The topological polar surface area (TPSA) is 24.9 Å². The third-order valence-corrected chi connectivity index (χ3v) is 4.08. The lowest BCUT2D eigenvalue weighted by Crippen LogP contribution is -2.25. The summed E-state index contributed by atoms with van der Waals surface area (Å²) in [6.45, 7) is 6.02. The van der Waals surface area contributed by atoms with Gasteiger partial charge >= 0.3 is 0 Å². The fraction of sp³-hybridized carbons (Fsp3) is 0.438. The van der Waals surface area contributed by atoms with Gasteiger partial charge in [0.05, 0.1) is 10.7 Å². The average molecular weight is 292 g/mol. The van der Waals surface area contributed by atoms with Gasteiger partial charge in [-0.1, -0.05) is 19.1 Å². The summed E-state index contributed by atoms with van der Waals surface area (Å²) in [7, 11) is 0. The number of rotatable bonds is 7. The van der Waals surface area contributed by atoms with Crippen molar-refractivity contribution in [3.8, 4) is 0 Å². The molecule has 0 saturated heterocycles. The van der Waals surface area contributed by atoms with Gasteiger partial charge in [0.25, 0.3) is 0 Å². The highest BCUT2D eigenvalue weighted by molar-refractivity contribution is 7.09. The Morgan fingerprint density at radius 1 is 1.35 bits per heavy atom. The van der Waals surface area contributed by atoms with Gasteiger partial charge in [-0.3, -0.25) is 0 Å². The van der Waals surface area contributed by atoms with E-state index in [1.807, 2.05) is 13.0 Å². The number of hydrogen-bond acceptors (Lipinski definition) is 3. The van der Waals surface area contributed by atoms with Gasteiger partial charge in [-0.25, -0.2) is 9.37 Å². The van der Waals surface area contributed by atoms with Gasteiger partial charge < -0.3 is 5.32 Å². The van der Waals surface area contributed by atoms with E-state index in [2.05, 4.69) is 22.6 Å². The van der Waals surface area contributed by atoms with Gasteiger partial charge in [-0.2, -0.15) is 0 Å². The predicted molar refractivity (Wildman–Crippen MR) is 82.7 cm³/mol. The molecule has 0 bridgehead atoms. The van der Waals surface area contributed by atoms with E-state index < -0.39 is 0 Å². The highest BCUT2D eigenvalue weighted by atomic mass is 32.1. The summed E-state index contributed by atoms with van der Waals surface area (Å²) in [5.74, 6) is 0.285. The van der Waals surface area contributed by atoms with Crippen LogP contribution in [-0.4, -0.2) is 18.1 Å². The number of aromatic nitrogens is 1. The minimum atomic E-state index is -0.158. The number of thiazole rings is 1. The zero-order valence-electron chi connectivity index (χ0n) is 12.0. The molecule has 4 heteroatoms. The zero-order chi connectivity index (χ0) is 14.4. The van der Waals surface area contributed by atoms with Crippen LogP contribution in [0, 0.1) is 18.7 Å². The molecule has 0 spiro atoms. The second kappa shape index (κ2) is 7.50. The van der Waals surface area contributed by atoms with Crippen LogP contribution in [0.5, 0.6) is 0 Å². The lowest BCUT2D eigenvalue weighted by Gasteiger charge is -2.16. The minimum Gasteiger partial charge on any atom is -0.317 e. The molecule has 0 fully saturated rings. The van der Waals surface area contributed by atoms with E-state index in [-0.39, 0.29) is 5.82 Å². The summed E-state index contributed by atoms with van der Waals surface area (Å²) in [4.78, 5) is 4.53. The quantitative estimate of drug-likeness (QED) is 0.843. The largest absolute Gasteiger partial charge is 0.317 e. The Labute approximate surface area is 124 Å². The highest BCUT2D eigenvalue weighted by Crippen LogP contribution is 2.17. The highest BCUT2D eigenvalue weighted by Gasteiger charge is 2.12. The fourth-order valence-electron chi connectivity index (χ4n) is 2.36. The van der Waals surface area contributed by atoms with Crippen molar-refractivity contribution in [3.63, 3.8) is 0 Å². The van der Waals surface area contributed by atoms with Gasteiger partial charge in [0.15, 0.2) is 0 Å². The van der Waals surface area contributed by atoms with Crippen molar-refractivity contribution in [3.05, 3.63) is 51.7 Å². The molecule has 2 rings (SSSR count). The molecule has 1 N–H and O–H groups in total. The number of hydrogen-bond donors (Lipinski definition) is 1. The van der Waals surface area contributed by atoms with Gasteiger partial charge in [-0.15, -0.1) is 11.3 Å². The smallest absolute Gasteiger partial charge is 0.123 e. The molecule has 108 valence electrons. The second-order valence-corrected chi connectivity index (χ2v) is 6.13. The maximum Gasteiger partial charge on any atom is 0.123 e. The summed E-state index contributed by atoms with van der Waals surface area (Å²) in [6, 6.07) is 6.90. The second-order valence-electron chi connectivity index (χ2n) is 5.07. The van der Waals surface area contributed by atoms with Crippen LogP contribution in [0.15, 0.2) is 29.6 Å². The molecule has 1 aromatic heterocycles. The molecule has 0 radical (unpaired) electrons. The molecule has 1 heterocycles. The maximum absolute atomic E-state index is 13.3. The Bertz CT molecular complexity index is 539. The lowest BCUT2D eigenvalue weighted by molar-refractivity contribution is 0.473. The van der Waals surface area contributed by atoms with Crippen LogP contribution in [0.1, 0.15) is 23.2 Å². The van der Waals surface area contributed by atoms with Crippen LogP contribution in [0.3, 0.4) is 0 Å². The van der Waals surface area contributed by atoms with Crippen LogP contribution in [0.25, 0.3) is 0 Å². The third-order valence-electron chi connectivity index (χ3n) is 3.26. The maximum atomic E-state index is 13.3. The number of benzene rings is 1. The minimum absolute atomic E-state index is 0.158. The monoisotopic (exact) mass is 292 g/mol. The standard InChI is InChI=1S/C16H21FN2S/c1-3-18-10-14(9-16-11-20-12(2)19-16)7-13-5-4-6-15(17)8-13/h4-6,8,11,14,18H,3,7,9-10H2,1-2H3. The van der Waals surface area contributed by atoms with Crippen LogP contribution >= 0.6 is 11.3 Å². The first kappa shape index (κ1) is 15.1. The summed E-state index contributed by atoms with van der Waals surface area (Å²) in [5.41, 5.74) is 2.20. The van der Waals surface area contributed by atoms with Crippen molar-refractivity contribution >= 4 is 11.3 Å². The van der Waals surface area contributed by atoms with Crippen molar-refractivity contribution in [2.75, 3.05) is 13.1 Å². The van der Waals surface area contributed by atoms with Crippen molar-refractivity contribution < 1.29 is 4.39 Å². The van der Waals surface area contributed by atoms with Crippen molar-refractivity contribution in [1.29, 1.82) is 0 Å². The Kier molecular flexibility index (Phi) is 5.68. The first-order valence-corrected chi connectivity index (χ1v) is 7.91. The molecule has 1 aromatic carbocycles. The summed E-state index contributed by atoms with van der Waals surface area (Å²) >= 11 is 1.69. The van der Waals surface area contributed by atoms with Crippen LogP contribution in [-0.2, 0) is 12.8 Å². The summed E-state index contributed by atoms with van der Waals surface area (Å²) < 4.78 is 13.3. The van der Waals surface area contributed by atoms with Crippen LogP contribution in [0.4, 0.5) is 4.39 Å². The molecule has 0 aliphatic heterocycles. The molecular weight excluding hydrogens is 271 g/mol. The van der Waals surface area contributed by atoms with Crippen molar-refractivity contribution in [2.24, 2.45) is 5.92 Å². The van der Waals surface area contributed by atoms with E-state index >= 15 is 0 Å². The lowest BCUT2D eigenvalue weighted by atomic mass is 9.95. The molecule has 0 aliphatic rings. The van der Waals surface area contributed by atoms with Gasteiger partial charge in [0.2, 0.25) is 0 Å². The van der Waals surface area contributed by atoms with E-state index in [4.69, 9.17) is 0 Å². The fourth-order valence-corrected chi connectivity index (χ4v) is 2.99. The first-order valence-electron chi connectivity index (χ1n) is 7.03. The Hall–Kier alpha value is -1.26. The average Bonchev–Trinajstić information content (AvgIpc) is 2.81. The summed E-state index contributed by atoms with van der Waals surface area (Å²) in [6.07, 6.45) is 1.81. The number of nitrogens with one attached hydrogen (secondary N) is 1. The third kappa shape index (κ3) is 4.69. The van der Waals surface area contributed by atoms with E-state index in [1.165, 1.54) is 6.07 Å². The Balaban J connectivity index is 2.02. The molecule has 2 nitrogen and oxygen atoms in total.